The van der Waals surface area contributed by atoms with Gasteiger partial charge in [-0.3, -0.25) is 0 Å². The molecule has 0 aliphatic heterocycles. The van der Waals surface area contributed by atoms with Crippen LogP contribution < -0.4 is 5.32 Å². The number of allylic oxidation sites excluding steroid dienone is 1. The van der Waals surface area contributed by atoms with Crippen LogP contribution in [-0.4, -0.2) is 11.0 Å². The smallest absolute Gasteiger partial charge is 0.180 e. The molecule has 1 heterocycles. The molecule has 0 radical (unpaired) electrons. The minimum atomic E-state index is 0.654. The average Bonchev–Trinajstić information content (AvgIpc) is 2.91. The predicted octanol–water partition coefficient (Wildman–Crippen LogP) is 1.73. The molecule has 3 nitrogen and oxygen atoms in total. The highest BCUT2D eigenvalue weighted by atomic mass is 16.3. The monoisotopic (exact) mass is 190 g/mol. The van der Waals surface area contributed by atoms with E-state index < -0.39 is 0 Å². The lowest BCUT2D eigenvalue weighted by Crippen LogP contribution is -2.32. The molecule has 2 bridgehead atoms. The molecular formula is C11H14N2O. The first kappa shape index (κ1) is 8.24. The van der Waals surface area contributed by atoms with Gasteiger partial charge in [0, 0.05) is 12.6 Å². The second kappa shape index (κ2) is 3.24. The number of aromatic nitrogens is 1. The molecule has 1 fully saturated rings. The maximum Gasteiger partial charge on any atom is 0.180 e. The highest BCUT2D eigenvalue weighted by Crippen LogP contribution is 2.38. The van der Waals surface area contributed by atoms with Gasteiger partial charge in [-0.1, -0.05) is 12.2 Å². The minimum Gasteiger partial charge on any atom is -0.451 e. The Kier molecular flexibility index (Phi) is 1.91. The molecule has 1 aromatic rings. The van der Waals surface area contributed by atoms with Crippen LogP contribution in [0.2, 0.25) is 0 Å². The fourth-order valence-corrected chi connectivity index (χ4v) is 2.58. The molecule has 1 saturated carbocycles. The van der Waals surface area contributed by atoms with Crippen molar-refractivity contribution in [2.45, 2.75) is 25.4 Å². The van der Waals surface area contributed by atoms with Crippen LogP contribution in [-0.2, 0) is 6.54 Å². The number of fused-ring (bicyclic) bond motifs is 2. The van der Waals surface area contributed by atoms with Gasteiger partial charge in [0.2, 0.25) is 0 Å². The summed E-state index contributed by atoms with van der Waals surface area (Å²) in [5.41, 5.74) is 0.997. The maximum absolute atomic E-state index is 4.93. The van der Waals surface area contributed by atoms with Gasteiger partial charge in [0.05, 0.1) is 5.69 Å². The van der Waals surface area contributed by atoms with E-state index in [9.17, 15) is 0 Å². The average molecular weight is 190 g/mol. The highest BCUT2D eigenvalue weighted by Gasteiger charge is 2.35. The van der Waals surface area contributed by atoms with Gasteiger partial charge >= 0.3 is 0 Å². The first-order valence-electron chi connectivity index (χ1n) is 5.20. The van der Waals surface area contributed by atoms with E-state index >= 15 is 0 Å². The summed E-state index contributed by atoms with van der Waals surface area (Å²) in [5, 5.41) is 3.54. The summed E-state index contributed by atoms with van der Waals surface area (Å²) in [4.78, 5) is 4.09. The van der Waals surface area contributed by atoms with E-state index in [-0.39, 0.29) is 0 Å². The number of rotatable bonds is 3. The van der Waals surface area contributed by atoms with Crippen LogP contribution >= 0.6 is 0 Å². The van der Waals surface area contributed by atoms with Crippen LogP contribution in [0, 0.1) is 11.8 Å². The zero-order valence-electron chi connectivity index (χ0n) is 8.02. The molecule has 2 aliphatic carbocycles. The zero-order chi connectivity index (χ0) is 9.38. The summed E-state index contributed by atoms with van der Waals surface area (Å²) in [6.45, 7) is 0.832. The second-order valence-corrected chi connectivity index (χ2v) is 4.25. The number of hydrogen-bond acceptors (Lipinski definition) is 3. The SMILES string of the molecule is C1=C[C@H]2C[C@@H]1CC2NCc1cocn1. The molecule has 0 aromatic carbocycles. The standard InChI is InChI=1S/C11H14N2O/c1-2-9-3-8(1)4-11(9)12-5-10-6-14-7-13-10/h1-2,6-9,11-12H,3-5H2/t8-,9+,11?/m1/s1. The van der Waals surface area contributed by atoms with Crippen LogP contribution in [0.3, 0.4) is 0 Å². The van der Waals surface area contributed by atoms with Crippen molar-refractivity contribution in [3.63, 3.8) is 0 Å². The lowest BCUT2D eigenvalue weighted by Gasteiger charge is -2.18. The summed E-state index contributed by atoms with van der Waals surface area (Å²) < 4.78 is 4.93. The Hall–Kier alpha value is -1.09. The first-order chi connectivity index (χ1) is 6.92. The molecule has 3 heteroatoms. The van der Waals surface area contributed by atoms with Gasteiger partial charge in [-0.25, -0.2) is 4.98 Å². The molecule has 0 spiro atoms. The Morgan fingerprint density at radius 1 is 1.43 bits per heavy atom. The molecule has 1 unspecified atom stereocenters. The Labute approximate surface area is 83.2 Å². The van der Waals surface area contributed by atoms with Crippen molar-refractivity contribution >= 4 is 0 Å². The van der Waals surface area contributed by atoms with E-state index in [2.05, 4.69) is 22.5 Å². The lowest BCUT2D eigenvalue weighted by molar-refractivity contribution is 0.446. The van der Waals surface area contributed by atoms with E-state index in [0.717, 1.165) is 24.1 Å². The van der Waals surface area contributed by atoms with E-state index in [4.69, 9.17) is 4.42 Å². The molecule has 74 valence electrons. The van der Waals surface area contributed by atoms with E-state index in [1.165, 1.54) is 19.2 Å². The van der Waals surface area contributed by atoms with Gasteiger partial charge in [0.15, 0.2) is 6.39 Å². The largest absolute Gasteiger partial charge is 0.451 e. The van der Waals surface area contributed by atoms with Crippen molar-refractivity contribution < 1.29 is 4.42 Å². The third kappa shape index (κ3) is 1.38. The van der Waals surface area contributed by atoms with Crippen LogP contribution in [0.5, 0.6) is 0 Å². The van der Waals surface area contributed by atoms with Crippen LogP contribution in [0.15, 0.2) is 29.2 Å². The lowest BCUT2D eigenvalue weighted by atomic mass is 10.0. The molecule has 0 saturated heterocycles. The number of oxazole rings is 1. The normalized spacial score (nSPS) is 34.1. The fraction of sp³-hybridized carbons (Fsp3) is 0.545. The quantitative estimate of drug-likeness (QED) is 0.738. The molecular weight excluding hydrogens is 176 g/mol. The van der Waals surface area contributed by atoms with Crippen molar-refractivity contribution in [3.8, 4) is 0 Å². The molecule has 3 rings (SSSR count). The molecule has 1 N–H and O–H groups in total. The summed E-state index contributed by atoms with van der Waals surface area (Å²) in [6.07, 6.45) is 10.5. The molecule has 1 aromatic heterocycles. The first-order valence-corrected chi connectivity index (χ1v) is 5.20. The Morgan fingerprint density at radius 3 is 3.07 bits per heavy atom. The van der Waals surface area contributed by atoms with Gasteiger partial charge in [-0.2, -0.15) is 0 Å². The van der Waals surface area contributed by atoms with Crippen molar-refractivity contribution in [1.29, 1.82) is 0 Å². The Morgan fingerprint density at radius 2 is 2.43 bits per heavy atom. The summed E-state index contributed by atoms with van der Waals surface area (Å²) in [5.74, 6) is 1.58. The minimum absolute atomic E-state index is 0.654. The number of nitrogens with one attached hydrogen (secondary N) is 1. The molecule has 14 heavy (non-hydrogen) atoms. The van der Waals surface area contributed by atoms with E-state index in [0.29, 0.717) is 6.04 Å². The fourth-order valence-electron chi connectivity index (χ4n) is 2.58. The number of nitrogens with zero attached hydrogens (tertiary/aromatic N) is 1. The topological polar surface area (TPSA) is 38.1 Å². The second-order valence-electron chi connectivity index (χ2n) is 4.25. The summed E-state index contributed by atoms with van der Waals surface area (Å²) in [6, 6.07) is 0.654. The van der Waals surface area contributed by atoms with Gasteiger partial charge in [-0.05, 0) is 24.7 Å². The predicted molar refractivity (Wildman–Crippen MR) is 52.5 cm³/mol. The third-order valence-corrected chi connectivity index (χ3v) is 3.31. The van der Waals surface area contributed by atoms with Crippen LogP contribution in [0.25, 0.3) is 0 Å². The van der Waals surface area contributed by atoms with Crippen molar-refractivity contribution in [2.75, 3.05) is 0 Å². The number of hydrogen-bond donors (Lipinski definition) is 1. The summed E-state index contributed by atoms with van der Waals surface area (Å²) in [7, 11) is 0. The Bertz CT molecular complexity index is 331. The van der Waals surface area contributed by atoms with Gasteiger partial charge < -0.3 is 9.73 Å². The third-order valence-electron chi connectivity index (χ3n) is 3.31. The summed E-state index contributed by atoms with van der Waals surface area (Å²) >= 11 is 0. The molecule has 3 atom stereocenters. The van der Waals surface area contributed by atoms with Crippen LogP contribution in [0.4, 0.5) is 0 Å². The maximum atomic E-state index is 4.93. The zero-order valence-corrected chi connectivity index (χ0v) is 8.02. The molecule has 0 amide bonds. The van der Waals surface area contributed by atoms with E-state index in [1.54, 1.807) is 6.26 Å². The molecule has 2 aliphatic rings. The van der Waals surface area contributed by atoms with Gasteiger partial charge in [0.25, 0.3) is 0 Å². The highest BCUT2D eigenvalue weighted by molar-refractivity contribution is 5.12. The van der Waals surface area contributed by atoms with Crippen LogP contribution in [0.1, 0.15) is 18.5 Å². The Balaban J connectivity index is 1.57. The van der Waals surface area contributed by atoms with Crippen molar-refractivity contribution in [3.05, 3.63) is 30.5 Å². The van der Waals surface area contributed by atoms with Gasteiger partial charge in [-0.15, -0.1) is 0 Å². The van der Waals surface area contributed by atoms with E-state index in [1.807, 2.05) is 0 Å². The van der Waals surface area contributed by atoms with Crippen molar-refractivity contribution in [2.24, 2.45) is 11.8 Å². The van der Waals surface area contributed by atoms with Crippen molar-refractivity contribution in [1.82, 2.24) is 10.3 Å². The van der Waals surface area contributed by atoms with Gasteiger partial charge in [0.1, 0.15) is 6.26 Å².